The second-order valence-corrected chi connectivity index (χ2v) is 17.1. The molecule has 55 heavy (non-hydrogen) atoms. The van der Waals surface area contributed by atoms with Crippen LogP contribution < -0.4 is 37.7 Å². The smallest absolute Gasteiger partial charge is 0.247 e. The summed E-state index contributed by atoms with van der Waals surface area (Å²) in [6.45, 7) is 20.9. The highest BCUT2D eigenvalue weighted by Gasteiger charge is 2.54. The van der Waals surface area contributed by atoms with Crippen molar-refractivity contribution in [3.05, 3.63) is 194 Å². The number of nitrogens with zero attached hydrogens (tertiary/aromatic N) is 1. The lowest BCUT2D eigenvalue weighted by molar-refractivity contribution is 0.731. The van der Waals surface area contributed by atoms with E-state index in [1.165, 1.54) is 122 Å². The fourth-order valence-corrected chi connectivity index (χ4v) is 11.6. The predicted octanol–water partition coefficient (Wildman–Crippen LogP) is 8.29. The van der Waals surface area contributed by atoms with E-state index in [4.69, 9.17) is 0 Å². The molecule has 7 aromatic carbocycles. The number of anilines is 3. The normalized spacial score (nSPS) is 14.3. The average Bonchev–Trinajstić information content (AvgIpc) is 3.13. The van der Waals surface area contributed by atoms with Gasteiger partial charge in [0.1, 0.15) is 0 Å². The number of hydrogen-bond donors (Lipinski definition) is 0. The zero-order valence-corrected chi connectivity index (χ0v) is 33.6. The molecular formula is C52H47B2N. The predicted molar refractivity (Wildman–Crippen MR) is 238 cm³/mol. The monoisotopic (exact) mass is 707 g/mol. The second kappa shape index (κ2) is 12.0. The number of benzene rings is 7. The van der Waals surface area contributed by atoms with Gasteiger partial charge in [0, 0.05) is 17.1 Å². The molecule has 3 aliphatic rings. The number of aryl methyl sites for hydroxylation is 9. The van der Waals surface area contributed by atoms with Crippen molar-refractivity contribution < 1.29 is 0 Å². The van der Waals surface area contributed by atoms with E-state index in [2.05, 4.69) is 189 Å². The Kier molecular flexibility index (Phi) is 7.41. The van der Waals surface area contributed by atoms with Crippen LogP contribution in [0.2, 0.25) is 0 Å². The third-order valence-electron chi connectivity index (χ3n) is 13.1. The average molecular weight is 708 g/mol. The molecule has 10 rings (SSSR count). The summed E-state index contributed by atoms with van der Waals surface area (Å²) in [7, 11) is 0. The van der Waals surface area contributed by atoms with E-state index in [1.54, 1.807) is 0 Å². The fraction of sp³-hybridized carbons (Fsp3) is 0.192. The Morgan fingerprint density at radius 1 is 0.364 bits per heavy atom. The molecule has 0 bridgehead atoms. The van der Waals surface area contributed by atoms with Gasteiger partial charge in [-0.3, -0.25) is 0 Å². The van der Waals surface area contributed by atoms with Crippen molar-refractivity contribution in [2.45, 2.75) is 67.7 Å². The minimum absolute atomic E-state index is 0.0813. The molecule has 0 saturated carbocycles. The SMILES string of the molecule is Cc1cc(C)c(B2c3cc(C)cc4c3N3c5c2cc(C)cc5C(c2ccccc2)(c2ccccc2)c2cc(C)cc(c23)B4c2c(C)cc(C)cc2C)c(C)c1. The lowest BCUT2D eigenvalue weighted by atomic mass is 9.28. The van der Waals surface area contributed by atoms with Crippen molar-refractivity contribution in [3.63, 3.8) is 0 Å². The lowest BCUT2D eigenvalue weighted by Crippen LogP contribution is -2.67. The van der Waals surface area contributed by atoms with Crippen molar-refractivity contribution >= 4 is 63.3 Å². The third-order valence-corrected chi connectivity index (χ3v) is 13.1. The van der Waals surface area contributed by atoms with Gasteiger partial charge in [0.25, 0.3) is 0 Å². The molecule has 0 aliphatic carbocycles. The largest absolute Gasteiger partial charge is 0.312 e. The van der Waals surface area contributed by atoms with E-state index in [1.807, 2.05) is 0 Å². The van der Waals surface area contributed by atoms with E-state index in [0.717, 1.165) is 0 Å². The van der Waals surface area contributed by atoms with E-state index in [9.17, 15) is 0 Å². The number of hydrogen-bond acceptors (Lipinski definition) is 1. The summed E-state index contributed by atoms with van der Waals surface area (Å²) in [6, 6.07) is 47.5. The zero-order valence-electron chi connectivity index (χ0n) is 33.6. The van der Waals surface area contributed by atoms with Gasteiger partial charge >= 0.3 is 0 Å². The van der Waals surface area contributed by atoms with Crippen LogP contribution in [-0.4, -0.2) is 13.4 Å². The van der Waals surface area contributed by atoms with Crippen molar-refractivity contribution in [1.82, 2.24) is 0 Å². The Hall–Kier alpha value is -5.53. The maximum Gasteiger partial charge on any atom is 0.247 e. The minimum atomic E-state index is -0.547. The molecule has 266 valence electrons. The standard InChI is InChI=1S/C52H47B2N/c1-30-20-35(6)47(36(7)21-30)53-43-26-32(3)24-41-49(43)55-50-42(52(41,39-16-12-10-13-17-39)40-18-14-11-15-19-40)25-33(4)27-44(50)54(46-29-34(5)28-45(53)51(46)55)48-37(8)22-31(2)23-38(48)9/h10-29H,1-9H3. The Balaban J connectivity index is 1.47. The summed E-state index contributed by atoms with van der Waals surface area (Å²) in [5.74, 6) is 0. The van der Waals surface area contributed by atoms with Crippen LogP contribution in [0.3, 0.4) is 0 Å². The van der Waals surface area contributed by atoms with Crippen molar-refractivity contribution in [2.24, 2.45) is 0 Å². The molecule has 7 aromatic rings. The molecule has 0 aromatic heterocycles. The molecule has 0 amide bonds. The quantitative estimate of drug-likeness (QED) is 0.167. The van der Waals surface area contributed by atoms with Gasteiger partial charge in [-0.2, -0.15) is 0 Å². The summed E-state index contributed by atoms with van der Waals surface area (Å²) in [4.78, 5) is 2.74. The summed E-state index contributed by atoms with van der Waals surface area (Å²) in [6.07, 6.45) is 0. The fourth-order valence-electron chi connectivity index (χ4n) is 11.6. The van der Waals surface area contributed by atoms with E-state index in [0.29, 0.717) is 0 Å². The summed E-state index contributed by atoms with van der Waals surface area (Å²) in [5.41, 5.74) is 29.4. The molecule has 0 saturated heterocycles. The first-order valence-electron chi connectivity index (χ1n) is 20.0. The van der Waals surface area contributed by atoms with Crippen LogP contribution >= 0.6 is 0 Å². The summed E-state index contributed by atoms with van der Waals surface area (Å²) in [5, 5.41) is 0. The molecule has 0 atom stereocenters. The van der Waals surface area contributed by atoms with Gasteiger partial charge in [0.05, 0.1) is 5.41 Å². The van der Waals surface area contributed by atoms with Crippen LogP contribution in [0.25, 0.3) is 0 Å². The maximum absolute atomic E-state index is 2.74. The van der Waals surface area contributed by atoms with E-state index < -0.39 is 5.41 Å². The Morgan fingerprint density at radius 3 is 1.04 bits per heavy atom. The van der Waals surface area contributed by atoms with Gasteiger partial charge < -0.3 is 4.90 Å². The zero-order chi connectivity index (χ0) is 38.1. The second-order valence-electron chi connectivity index (χ2n) is 17.1. The minimum Gasteiger partial charge on any atom is -0.312 e. The maximum atomic E-state index is 2.74. The summed E-state index contributed by atoms with van der Waals surface area (Å²) < 4.78 is 0. The molecule has 1 nitrogen and oxygen atoms in total. The van der Waals surface area contributed by atoms with Crippen LogP contribution in [-0.2, 0) is 5.41 Å². The van der Waals surface area contributed by atoms with Crippen molar-refractivity contribution in [3.8, 4) is 0 Å². The third kappa shape index (κ3) is 4.62. The van der Waals surface area contributed by atoms with Gasteiger partial charge in [-0.25, -0.2) is 0 Å². The molecule has 0 spiro atoms. The first-order valence-corrected chi connectivity index (χ1v) is 20.0. The van der Waals surface area contributed by atoms with Gasteiger partial charge in [0.15, 0.2) is 0 Å². The topological polar surface area (TPSA) is 3.24 Å². The molecular weight excluding hydrogens is 660 g/mol. The lowest BCUT2D eigenvalue weighted by Gasteiger charge is -2.54. The molecule has 3 heterocycles. The number of rotatable bonds is 4. The van der Waals surface area contributed by atoms with Crippen LogP contribution in [0.15, 0.2) is 121 Å². The first kappa shape index (κ1) is 34.0. The molecule has 0 N–H and O–H groups in total. The van der Waals surface area contributed by atoms with Crippen LogP contribution in [0, 0.1) is 62.3 Å². The molecule has 0 radical (unpaired) electrons. The van der Waals surface area contributed by atoms with Crippen LogP contribution in [0.5, 0.6) is 0 Å². The Labute approximate surface area is 328 Å². The summed E-state index contributed by atoms with van der Waals surface area (Å²) >= 11 is 0. The molecule has 0 fully saturated rings. The van der Waals surface area contributed by atoms with Gasteiger partial charge in [-0.1, -0.05) is 182 Å². The highest BCUT2D eigenvalue weighted by Crippen LogP contribution is 2.58. The van der Waals surface area contributed by atoms with Gasteiger partial charge in [-0.05, 0) is 106 Å². The van der Waals surface area contributed by atoms with Crippen molar-refractivity contribution in [1.29, 1.82) is 0 Å². The van der Waals surface area contributed by atoms with Gasteiger partial charge in [-0.15, -0.1) is 0 Å². The van der Waals surface area contributed by atoms with Crippen LogP contribution in [0.1, 0.15) is 72.3 Å². The van der Waals surface area contributed by atoms with E-state index >= 15 is 0 Å². The molecule has 3 aliphatic heterocycles. The van der Waals surface area contributed by atoms with Gasteiger partial charge in [0.2, 0.25) is 13.4 Å². The Morgan fingerprint density at radius 2 is 0.673 bits per heavy atom. The first-order chi connectivity index (χ1) is 26.5. The highest BCUT2D eigenvalue weighted by molar-refractivity contribution is 7.02. The highest BCUT2D eigenvalue weighted by atomic mass is 15.2. The molecule has 3 heteroatoms. The molecule has 0 unspecified atom stereocenters. The van der Waals surface area contributed by atoms with E-state index in [-0.39, 0.29) is 13.4 Å². The van der Waals surface area contributed by atoms with Crippen LogP contribution in [0.4, 0.5) is 17.1 Å². The van der Waals surface area contributed by atoms with Crippen molar-refractivity contribution in [2.75, 3.05) is 4.90 Å². The Bertz CT molecular complexity index is 2530.